The predicted octanol–water partition coefficient (Wildman–Crippen LogP) is 4.84. The Kier molecular flexibility index (Phi) is 4.64. The average Bonchev–Trinajstić information content (AvgIpc) is 3.32. The summed E-state index contributed by atoms with van der Waals surface area (Å²) in [5.74, 6) is 1.99. The van der Waals surface area contributed by atoms with Gasteiger partial charge in [0.05, 0.1) is 12.1 Å². The van der Waals surface area contributed by atoms with Crippen LogP contribution < -0.4 is 19.5 Å². The van der Waals surface area contributed by atoms with Crippen molar-refractivity contribution in [2.75, 3.05) is 19.2 Å². The van der Waals surface area contributed by atoms with Gasteiger partial charge in [0.2, 0.25) is 6.79 Å². The molecule has 0 unspecified atom stereocenters. The summed E-state index contributed by atoms with van der Waals surface area (Å²) in [6.07, 6.45) is -0.330. The van der Waals surface area contributed by atoms with Gasteiger partial charge in [-0.2, -0.15) is 0 Å². The second-order valence-corrected chi connectivity index (χ2v) is 7.51. The number of carbonyl (C=O) groups is 1. The number of nitrogens with one attached hydrogen (secondary N) is 1. The fourth-order valence-electron chi connectivity index (χ4n) is 3.84. The second-order valence-electron chi connectivity index (χ2n) is 7.10. The number of hydrogen-bond acceptors (Lipinski definition) is 5. The van der Waals surface area contributed by atoms with E-state index >= 15 is 0 Å². The molecule has 7 heteroatoms. The Balaban J connectivity index is 1.47. The number of amides is 1. The minimum Gasteiger partial charge on any atom is -0.495 e. The highest BCUT2D eigenvalue weighted by Crippen LogP contribution is 2.38. The van der Waals surface area contributed by atoms with Gasteiger partial charge < -0.3 is 24.4 Å². The summed E-state index contributed by atoms with van der Waals surface area (Å²) < 4.78 is 16.1. The molecule has 3 aromatic rings. The molecule has 0 spiro atoms. The highest BCUT2D eigenvalue weighted by atomic mass is 35.5. The van der Waals surface area contributed by atoms with Crippen LogP contribution in [0.4, 0.5) is 5.69 Å². The van der Waals surface area contributed by atoms with Crippen molar-refractivity contribution in [1.82, 2.24) is 4.90 Å². The zero-order chi connectivity index (χ0) is 20.7. The number of fused-ring (bicyclic) bond motifs is 2. The standard InChI is InChI=1S/C23H19ClN2O4/c1-28-19-9-7-15(11-18(19)24)25-22-16-4-2-3-5-17(16)23(27)26(22)12-14-6-8-20-21(10-14)30-13-29-20/h2-11,22,25H,12-13H2,1H3/t22-/m0/s1. The molecule has 0 bridgehead atoms. The van der Waals surface area contributed by atoms with Crippen molar-refractivity contribution in [2.24, 2.45) is 0 Å². The van der Waals surface area contributed by atoms with Crippen LogP contribution in [0.25, 0.3) is 0 Å². The number of nitrogens with zero attached hydrogens (tertiary/aromatic N) is 1. The first-order valence-electron chi connectivity index (χ1n) is 9.52. The monoisotopic (exact) mass is 422 g/mol. The van der Waals surface area contributed by atoms with Gasteiger partial charge >= 0.3 is 0 Å². The molecule has 5 rings (SSSR count). The van der Waals surface area contributed by atoms with Gasteiger partial charge in [0.15, 0.2) is 11.5 Å². The van der Waals surface area contributed by atoms with E-state index in [1.165, 1.54) is 0 Å². The molecule has 152 valence electrons. The van der Waals surface area contributed by atoms with Crippen molar-refractivity contribution in [3.63, 3.8) is 0 Å². The molecule has 0 fully saturated rings. The van der Waals surface area contributed by atoms with E-state index in [1.807, 2.05) is 48.5 Å². The van der Waals surface area contributed by atoms with E-state index in [2.05, 4.69) is 5.32 Å². The third-order valence-corrected chi connectivity index (χ3v) is 5.60. The van der Waals surface area contributed by atoms with Gasteiger partial charge in [-0.3, -0.25) is 4.79 Å². The van der Waals surface area contributed by atoms with Crippen molar-refractivity contribution in [3.05, 3.63) is 82.4 Å². The van der Waals surface area contributed by atoms with Crippen molar-refractivity contribution < 1.29 is 19.0 Å². The van der Waals surface area contributed by atoms with Gasteiger partial charge in [0.25, 0.3) is 5.91 Å². The summed E-state index contributed by atoms with van der Waals surface area (Å²) in [4.78, 5) is 15.0. The molecule has 2 aliphatic rings. The molecule has 0 saturated heterocycles. The largest absolute Gasteiger partial charge is 0.495 e. The Morgan fingerprint density at radius 1 is 1.10 bits per heavy atom. The fraction of sp³-hybridized carbons (Fsp3) is 0.174. The van der Waals surface area contributed by atoms with Crippen LogP contribution in [0.15, 0.2) is 60.7 Å². The quantitative estimate of drug-likeness (QED) is 0.637. The molecule has 6 nitrogen and oxygen atoms in total. The van der Waals surface area contributed by atoms with Crippen molar-refractivity contribution >= 4 is 23.2 Å². The van der Waals surface area contributed by atoms with Crippen LogP contribution in [0, 0.1) is 0 Å². The van der Waals surface area contributed by atoms with Crippen LogP contribution in [0.3, 0.4) is 0 Å². The van der Waals surface area contributed by atoms with Crippen LogP contribution >= 0.6 is 11.6 Å². The molecule has 3 aromatic carbocycles. The molecule has 0 aromatic heterocycles. The SMILES string of the molecule is COc1ccc(N[C@@H]2c3ccccc3C(=O)N2Cc2ccc3c(c2)OCO3)cc1Cl. The Bertz CT molecular complexity index is 1130. The summed E-state index contributed by atoms with van der Waals surface area (Å²) in [6, 6.07) is 18.9. The molecule has 1 atom stereocenters. The summed E-state index contributed by atoms with van der Waals surface area (Å²) in [7, 11) is 1.58. The topological polar surface area (TPSA) is 60.0 Å². The number of hydrogen-bond donors (Lipinski definition) is 1. The molecule has 2 heterocycles. The summed E-state index contributed by atoms with van der Waals surface area (Å²) in [5, 5.41) is 3.95. The van der Waals surface area contributed by atoms with Crippen LogP contribution in [-0.4, -0.2) is 24.7 Å². The molecule has 0 aliphatic carbocycles. The summed E-state index contributed by atoms with van der Waals surface area (Å²) in [6.45, 7) is 0.640. The maximum atomic E-state index is 13.2. The highest BCUT2D eigenvalue weighted by Gasteiger charge is 2.36. The number of carbonyl (C=O) groups excluding carboxylic acids is 1. The number of methoxy groups -OCH3 is 1. The molecule has 1 amide bonds. The van der Waals surface area contributed by atoms with Crippen molar-refractivity contribution in [3.8, 4) is 17.2 Å². The number of anilines is 1. The number of ether oxygens (including phenoxy) is 3. The van der Waals surface area contributed by atoms with Crippen LogP contribution in [-0.2, 0) is 6.54 Å². The lowest BCUT2D eigenvalue weighted by Crippen LogP contribution is -2.31. The van der Waals surface area contributed by atoms with Crippen molar-refractivity contribution in [2.45, 2.75) is 12.7 Å². The smallest absolute Gasteiger partial charge is 0.256 e. The Morgan fingerprint density at radius 2 is 1.93 bits per heavy atom. The lowest BCUT2D eigenvalue weighted by atomic mass is 10.1. The Morgan fingerprint density at radius 3 is 2.77 bits per heavy atom. The van der Waals surface area contributed by atoms with Crippen LogP contribution in [0.5, 0.6) is 17.2 Å². The zero-order valence-electron chi connectivity index (χ0n) is 16.2. The van der Waals surface area contributed by atoms with E-state index in [1.54, 1.807) is 24.1 Å². The average molecular weight is 423 g/mol. The van der Waals surface area contributed by atoms with Gasteiger partial charge in [-0.25, -0.2) is 0 Å². The van der Waals surface area contributed by atoms with E-state index in [4.69, 9.17) is 25.8 Å². The summed E-state index contributed by atoms with van der Waals surface area (Å²) >= 11 is 6.29. The van der Waals surface area contributed by atoms with Crippen molar-refractivity contribution in [1.29, 1.82) is 0 Å². The van der Waals surface area contributed by atoms with E-state index in [0.29, 0.717) is 28.6 Å². The molecular weight excluding hydrogens is 404 g/mol. The first-order valence-corrected chi connectivity index (χ1v) is 9.90. The molecule has 0 radical (unpaired) electrons. The molecule has 0 saturated carbocycles. The minimum atomic E-state index is -0.330. The molecule has 2 aliphatic heterocycles. The van der Waals surface area contributed by atoms with E-state index in [0.717, 1.165) is 22.6 Å². The Labute approximate surface area is 178 Å². The predicted molar refractivity (Wildman–Crippen MR) is 113 cm³/mol. The second kappa shape index (κ2) is 7.46. The maximum Gasteiger partial charge on any atom is 0.256 e. The van der Waals surface area contributed by atoms with Gasteiger partial charge in [-0.1, -0.05) is 35.9 Å². The van der Waals surface area contributed by atoms with E-state index in [-0.39, 0.29) is 18.9 Å². The zero-order valence-corrected chi connectivity index (χ0v) is 17.0. The maximum absolute atomic E-state index is 13.2. The number of benzene rings is 3. The van der Waals surface area contributed by atoms with Crippen LogP contribution in [0.2, 0.25) is 5.02 Å². The lowest BCUT2D eigenvalue weighted by Gasteiger charge is -2.27. The third kappa shape index (κ3) is 3.19. The normalized spacial score (nSPS) is 16.5. The molecular formula is C23H19ClN2O4. The number of rotatable bonds is 5. The first-order chi connectivity index (χ1) is 14.6. The minimum absolute atomic E-state index is 0.0274. The lowest BCUT2D eigenvalue weighted by molar-refractivity contribution is 0.0728. The summed E-state index contributed by atoms with van der Waals surface area (Å²) in [5.41, 5.74) is 3.37. The van der Waals surface area contributed by atoms with E-state index in [9.17, 15) is 4.79 Å². The molecule has 1 N–H and O–H groups in total. The number of halogens is 1. The van der Waals surface area contributed by atoms with Crippen LogP contribution in [0.1, 0.15) is 27.7 Å². The van der Waals surface area contributed by atoms with Gasteiger partial charge in [0, 0.05) is 23.4 Å². The highest BCUT2D eigenvalue weighted by molar-refractivity contribution is 6.32. The van der Waals surface area contributed by atoms with Gasteiger partial charge in [0.1, 0.15) is 11.9 Å². The first kappa shape index (κ1) is 18.6. The molecule has 30 heavy (non-hydrogen) atoms. The van der Waals surface area contributed by atoms with E-state index < -0.39 is 0 Å². The Hall–Kier alpha value is -3.38. The van der Waals surface area contributed by atoms with Gasteiger partial charge in [-0.15, -0.1) is 0 Å². The van der Waals surface area contributed by atoms with Gasteiger partial charge in [-0.05, 0) is 42.0 Å². The third-order valence-electron chi connectivity index (χ3n) is 5.30. The fourth-order valence-corrected chi connectivity index (χ4v) is 4.10.